The number of phenolic OH excluding ortho intramolecular Hbond substituents is 1. The number of hydrogen-bond acceptors (Lipinski definition) is 7. The van der Waals surface area contributed by atoms with Gasteiger partial charge in [0, 0.05) is 25.8 Å². The predicted molar refractivity (Wildman–Crippen MR) is 120 cm³/mol. The molecule has 0 spiro atoms. The van der Waals surface area contributed by atoms with Crippen LogP contribution in [0.1, 0.15) is 10.4 Å². The molecule has 0 unspecified atom stereocenters. The normalized spacial score (nSPS) is 11.0. The van der Waals surface area contributed by atoms with E-state index in [1.54, 1.807) is 54.6 Å². The lowest BCUT2D eigenvalue weighted by molar-refractivity contribution is 0.108. The molecule has 1 N–H and O–H groups in total. The van der Waals surface area contributed by atoms with Crippen molar-refractivity contribution in [1.82, 2.24) is 0 Å². The highest BCUT2D eigenvalue weighted by molar-refractivity contribution is 8.14. The Hall–Kier alpha value is -2.61. The molecule has 2 aromatic rings. The third-order valence-electron chi connectivity index (χ3n) is 4.33. The molecule has 0 radical (unpaired) electrons. The van der Waals surface area contributed by atoms with Gasteiger partial charge < -0.3 is 9.52 Å². The molecule has 1 aliphatic heterocycles. The number of aromatic hydroxyl groups is 1. The van der Waals surface area contributed by atoms with Crippen LogP contribution in [-0.4, -0.2) is 10.2 Å². The zero-order valence-electron chi connectivity index (χ0n) is 14.8. The monoisotopic (exact) mass is 438 g/mol. The Bertz CT molecular complexity index is 1230. The number of thioether (sulfide) groups is 1. The second-order valence-corrected chi connectivity index (χ2v) is 8.27. The van der Waals surface area contributed by atoms with Gasteiger partial charge in [-0.3, -0.25) is 4.79 Å². The topological polar surface area (TPSA) is 67.5 Å². The van der Waals surface area contributed by atoms with Crippen LogP contribution in [0.25, 0.3) is 22.5 Å². The molecule has 0 saturated heterocycles. The zero-order valence-corrected chi connectivity index (χ0v) is 17.4. The Kier molecular flexibility index (Phi) is 5.45. The van der Waals surface area contributed by atoms with Crippen molar-refractivity contribution in [2.24, 2.45) is 0 Å². The number of thiol groups is 2. The van der Waals surface area contributed by atoms with Gasteiger partial charge in [-0.15, -0.1) is 25.3 Å². The van der Waals surface area contributed by atoms with E-state index < -0.39 is 5.63 Å². The fourth-order valence-corrected chi connectivity index (χ4v) is 4.11. The lowest BCUT2D eigenvalue weighted by atomic mass is 10.0. The molecule has 144 valence electrons. The lowest BCUT2D eigenvalue weighted by Crippen LogP contribution is -1.95. The van der Waals surface area contributed by atoms with Crippen molar-refractivity contribution in [3.8, 4) is 28.2 Å². The molecule has 0 fully saturated rings. The van der Waals surface area contributed by atoms with Crippen LogP contribution >= 0.6 is 37.0 Å². The summed E-state index contributed by atoms with van der Waals surface area (Å²) in [6, 6.07) is 18.4. The van der Waals surface area contributed by atoms with E-state index in [-0.39, 0.29) is 10.9 Å². The fourth-order valence-electron chi connectivity index (χ4n) is 2.89. The maximum absolute atomic E-state index is 12.6. The van der Waals surface area contributed by atoms with Gasteiger partial charge in [0.15, 0.2) is 0 Å². The van der Waals surface area contributed by atoms with E-state index in [2.05, 4.69) is 25.3 Å². The Morgan fingerprint density at radius 2 is 1.62 bits per heavy atom. The quantitative estimate of drug-likeness (QED) is 0.286. The van der Waals surface area contributed by atoms with Gasteiger partial charge in [0.05, 0.1) is 5.56 Å². The Morgan fingerprint density at radius 3 is 2.31 bits per heavy atom. The Labute approximate surface area is 181 Å². The summed E-state index contributed by atoms with van der Waals surface area (Å²) in [6.07, 6.45) is 0. The van der Waals surface area contributed by atoms with Gasteiger partial charge in [-0.2, -0.15) is 0 Å². The van der Waals surface area contributed by atoms with E-state index in [9.17, 15) is 14.7 Å². The van der Waals surface area contributed by atoms with Crippen LogP contribution < -0.4 is 5.63 Å². The van der Waals surface area contributed by atoms with Crippen LogP contribution in [0.5, 0.6) is 5.75 Å². The number of carbonyl (C=O) groups is 1. The minimum atomic E-state index is -0.482. The molecule has 0 bridgehead atoms. The van der Waals surface area contributed by atoms with Crippen molar-refractivity contribution in [3.63, 3.8) is 0 Å². The SMILES string of the molecule is O=C(Sc1cc2oc(=O)c(-c3ccc(O)cc3)c-2ccc1S)c1ccc(S)cc1. The fraction of sp³-hybridized carbons (Fsp3) is 0. The number of phenols is 1. The standard InChI is InChI=1S/C22H14O4S3/c23-14-5-1-12(2-6-14)20-16-9-10-18(28)19(11-17(16)26-21(20)24)29-22(25)13-3-7-15(27)8-4-13/h1-11,23,27-28H. The number of rotatable bonds is 3. The molecule has 0 saturated carbocycles. The highest BCUT2D eigenvalue weighted by atomic mass is 32.2. The van der Waals surface area contributed by atoms with Gasteiger partial charge in [-0.05, 0) is 71.9 Å². The molecule has 1 heterocycles. The summed E-state index contributed by atoms with van der Waals surface area (Å²) in [4.78, 5) is 27.0. The smallest absolute Gasteiger partial charge is 0.344 e. The molecule has 1 aliphatic carbocycles. The number of furan rings is 1. The van der Waals surface area contributed by atoms with Crippen molar-refractivity contribution >= 4 is 42.1 Å². The number of carbonyl (C=O) groups excluding carboxylic acids is 1. The van der Waals surface area contributed by atoms with Gasteiger partial charge in [0.2, 0.25) is 5.12 Å². The van der Waals surface area contributed by atoms with Gasteiger partial charge in [-0.25, -0.2) is 4.79 Å². The van der Waals surface area contributed by atoms with Crippen LogP contribution in [0.4, 0.5) is 0 Å². The van der Waals surface area contributed by atoms with Crippen LogP contribution in [0, 0.1) is 0 Å². The molecular weight excluding hydrogens is 424 g/mol. The molecule has 4 rings (SSSR count). The van der Waals surface area contributed by atoms with Gasteiger partial charge in [-0.1, -0.05) is 12.1 Å². The average Bonchev–Trinajstić information content (AvgIpc) is 2.93. The van der Waals surface area contributed by atoms with E-state index in [4.69, 9.17) is 4.42 Å². The first-order chi connectivity index (χ1) is 13.9. The summed E-state index contributed by atoms with van der Waals surface area (Å²) >= 11 is 9.73. The Balaban J connectivity index is 1.74. The third-order valence-corrected chi connectivity index (χ3v) is 6.14. The van der Waals surface area contributed by atoms with Crippen molar-refractivity contribution in [2.45, 2.75) is 14.7 Å². The van der Waals surface area contributed by atoms with Crippen LogP contribution in [-0.2, 0) is 0 Å². The first-order valence-corrected chi connectivity index (χ1v) is 10.2. The summed E-state index contributed by atoms with van der Waals surface area (Å²) in [5.74, 6) is 0.472. The third kappa shape index (κ3) is 4.07. The largest absolute Gasteiger partial charge is 0.508 e. The summed E-state index contributed by atoms with van der Waals surface area (Å²) in [5.41, 5.74) is 1.70. The van der Waals surface area contributed by atoms with Crippen molar-refractivity contribution in [2.75, 3.05) is 0 Å². The molecule has 2 aliphatic rings. The number of fused-ring (bicyclic) bond motifs is 1. The summed E-state index contributed by atoms with van der Waals surface area (Å²) in [6.45, 7) is 0. The zero-order chi connectivity index (χ0) is 20.5. The molecule has 0 atom stereocenters. The van der Waals surface area contributed by atoms with E-state index in [0.717, 1.165) is 16.7 Å². The minimum absolute atomic E-state index is 0.111. The highest BCUT2D eigenvalue weighted by Crippen LogP contribution is 2.37. The molecule has 7 heteroatoms. The first kappa shape index (κ1) is 19.7. The van der Waals surface area contributed by atoms with E-state index >= 15 is 0 Å². The molecule has 0 aromatic heterocycles. The number of benzene rings is 2. The first-order valence-electron chi connectivity index (χ1n) is 8.53. The predicted octanol–water partition coefficient (Wildman–Crippen LogP) is 5.63. The minimum Gasteiger partial charge on any atom is -0.508 e. The van der Waals surface area contributed by atoms with E-state index in [1.165, 1.54) is 12.1 Å². The van der Waals surface area contributed by atoms with Crippen LogP contribution in [0.3, 0.4) is 0 Å². The van der Waals surface area contributed by atoms with Crippen molar-refractivity contribution in [1.29, 1.82) is 0 Å². The average molecular weight is 439 g/mol. The summed E-state index contributed by atoms with van der Waals surface area (Å²) < 4.78 is 5.46. The maximum Gasteiger partial charge on any atom is 0.344 e. The highest BCUT2D eigenvalue weighted by Gasteiger charge is 2.20. The van der Waals surface area contributed by atoms with Crippen LogP contribution in [0.15, 0.2) is 90.6 Å². The molecule has 2 aromatic carbocycles. The molecular formula is C22H14O4S3. The molecule has 29 heavy (non-hydrogen) atoms. The van der Waals surface area contributed by atoms with Crippen LogP contribution in [0.2, 0.25) is 0 Å². The lowest BCUT2D eigenvalue weighted by Gasteiger charge is -2.02. The van der Waals surface area contributed by atoms with Crippen molar-refractivity contribution in [3.05, 3.63) is 82.7 Å². The summed E-state index contributed by atoms with van der Waals surface area (Å²) in [5, 5.41) is 9.34. The van der Waals surface area contributed by atoms with E-state index in [1.807, 2.05) is 0 Å². The maximum atomic E-state index is 12.6. The van der Waals surface area contributed by atoms with Gasteiger partial charge >= 0.3 is 5.63 Å². The van der Waals surface area contributed by atoms with Crippen molar-refractivity contribution < 1.29 is 14.3 Å². The van der Waals surface area contributed by atoms with Gasteiger partial charge in [0.25, 0.3) is 0 Å². The summed E-state index contributed by atoms with van der Waals surface area (Å²) in [7, 11) is 0. The molecule has 4 nitrogen and oxygen atoms in total. The second-order valence-electron chi connectivity index (χ2n) is 6.25. The molecule has 0 amide bonds. The second kappa shape index (κ2) is 8.02. The van der Waals surface area contributed by atoms with Gasteiger partial charge in [0.1, 0.15) is 11.5 Å². The van der Waals surface area contributed by atoms with E-state index in [0.29, 0.717) is 37.8 Å². The number of hydrogen-bond donors (Lipinski definition) is 3. The Morgan fingerprint density at radius 1 is 0.931 bits per heavy atom.